The Hall–Kier alpha value is -4.12. The van der Waals surface area contributed by atoms with Crippen molar-refractivity contribution in [1.29, 1.82) is 0 Å². The van der Waals surface area contributed by atoms with Crippen LogP contribution in [0.3, 0.4) is 0 Å². The molecule has 4 rings (SSSR count). The van der Waals surface area contributed by atoms with E-state index in [4.69, 9.17) is 23.7 Å². The summed E-state index contributed by atoms with van der Waals surface area (Å²) < 4.78 is 27.8. The molecule has 0 N–H and O–H groups in total. The predicted molar refractivity (Wildman–Crippen MR) is 147 cm³/mol. The summed E-state index contributed by atoms with van der Waals surface area (Å²) in [6.07, 6.45) is 3.62. The second-order valence-corrected chi connectivity index (χ2v) is 8.78. The van der Waals surface area contributed by atoms with Gasteiger partial charge in [0, 0.05) is 0 Å². The minimum Gasteiger partial charge on any atom is -0.497 e. The van der Waals surface area contributed by atoms with E-state index in [2.05, 4.69) is 36.4 Å². The molecule has 4 aromatic carbocycles. The number of benzene rings is 4. The molecule has 0 saturated carbocycles. The normalized spacial score (nSPS) is 10.6. The number of hydrogen-bond acceptors (Lipinski definition) is 5. The molecule has 0 heterocycles. The first-order valence-corrected chi connectivity index (χ1v) is 12.4. The van der Waals surface area contributed by atoms with Gasteiger partial charge in [-0.25, -0.2) is 0 Å². The molecule has 0 spiro atoms. The summed E-state index contributed by atoms with van der Waals surface area (Å²) in [5, 5.41) is 0. The van der Waals surface area contributed by atoms with Gasteiger partial charge in [0.05, 0.1) is 28.4 Å². The van der Waals surface area contributed by atoms with Gasteiger partial charge in [-0.2, -0.15) is 0 Å². The van der Waals surface area contributed by atoms with Crippen LogP contribution in [0.2, 0.25) is 0 Å². The van der Waals surface area contributed by atoms with Gasteiger partial charge in [0.25, 0.3) is 0 Å². The maximum Gasteiger partial charge on any atom is 0.203 e. The number of methoxy groups -OCH3 is 4. The second-order valence-electron chi connectivity index (χ2n) is 8.78. The summed E-state index contributed by atoms with van der Waals surface area (Å²) in [4.78, 5) is 0. The predicted octanol–water partition coefficient (Wildman–Crippen LogP) is 7.08. The highest BCUT2D eigenvalue weighted by Crippen LogP contribution is 2.38. The van der Waals surface area contributed by atoms with Crippen molar-refractivity contribution in [3.8, 4) is 34.5 Å². The largest absolute Gasteiger partial charge is 0.497 e. The van der Waals surface area contributed by atoms with E-state index in [-0.39, 0.29) is 0 Å². The van der Waals surface area contributed by atoms with E-state index >= 15 is 0 Å². The van der Waals surface area contributed by atoms with Gasteiger partial charge in [-0.05, 0) is 96.5 Å². The molecule has 0 aliphatic heterocycles. The summed E-state index contributed by atoms with van der Waals surface area (Å²) in [7, 11) is 6.58. The molecule has 0 saturated heterocycles. The standard InChI is InChI=1S/C32H34O5/c1-33-28-9-5-7-24(19-28)12-13-25-8-6-10-29(20-25)37-27-17-15-23(16-18-27)11-14-26-21-30(34-2)32(36-4)31(22-26)35-3/h5-10,15-22H,11-14H2,1-4H3. The molecular formula is C32H34O5. The van der Waals surface area contributed by atoms with E-state index in [9.17, 15) is 0 Å². The summed E-state index contributed by atoms with van der Waals surface area (Å²) in [5.74, 6) is 4.51. The van der Waals surface area contributed by atoms with Crippen LogP contribution in [-0.4, -0.2) is 28.4 Å². The third kappa shape index (κ3) is 6.98. The summed E-state index contributed by atoms with van der Waals surface area (Å²) in [6.45, 7) is 0. The lowest BCUT2D eigenvalue weighted by molar-refractivity contribution is 0.324. The number of rotatable bonds is 12. The molecule has 0 fully saturated rings. The lowest BCUT2D eigenvalue weighted by Gasteiger charge is -2.14. The Morgan fingerprint density at radius 3 is 1.54 bits per heavy atom. The Labute approximate surface area is 219 Å². The van der Waals surface area contributed by atoms with Crippen molar-refractivity contribution >= 4 is 0 Å². The van der Waals surface area contributed by atoms with Crippen LogP contribution in [0.1, 0.15) is 22.3 Å². The molecule has 0 bridgehead atoms. The van der Waals surface area contributed by atoms with Gasteiger partial charge in [-0.1, -0.05) is 36.4 Å². The maximum atomic E-state index is 6.14. The average molecular weight is 499 g/mol. The van der Waals surface area contributed by atoms with E-state index in [0.29, 0.717) is 17.2 Å². The van der Waals surface area contributed by atoms with E-state index in [1.165, 1.54) is 16.7 Å². The Morgan fingerprint density at radius 2 is 0.973 bits per heavy atom. The zero-order valence-corrected chi connectivity index (χ0v) is 22.0. The fourth-order valence-electron chi connectivity index (χ4n) is 4.31. The fraction of sp³-hybridized carbons (Fsp3) is 0.250. The first-order chi connectivity index (χ1) is 18.1. The molecule has 37 heavy (non-hydrogen) atoms. The zero-order valence-electron chi connectivity index (χ0n) is 22.0. The molecule has 4 aromatic rings. The Kier molecular flexibility index (Phi) is 8.93. The number of ether oxygens (including phenoxy) is 5. The Balaban J connectivity index is 1.34. The summed E-state index contributed by atoms with van der Waals surface area (Å²) in [5.41, 5.74) is 4.85. The van der Waals surface area contributed by atoms with Crippen molar-refractivity contribution < 1.29 is 23.7 Å². The molecule has 0 radical (unpaired) electrons. The number of aryl methyl sites for hydroxylation is 4. The van der Waals surface area contributed by atoms with Crippen molar-refractivity contribution in [3.05, 3.63) is 107 Å². The third-order valence-corrected chi connectivity index (χ3v) is 6.32. The Morgan fingerprint density at radius 1 is 0.432 bits per heavy atom. The highest BCUT2D eigenvalue weighted by atomic mass is 16.5. The number of hydrogen-bond donors (Lipinski definition) is 0. The van der Waals surface area contributed by atoms with Crippen molar-refractivity contribution in [2.24, 2.45) is 0 Å². The maximum absolute atomic E-state index is 6.14. The van der Waals surface area contributed by atoms with Gasteiger partial charge in [0.1, 0.15) is 17.2 Å². The van der Waals surface area contributed by atoms with Gasteiger partial charge >= 0.3 is 0 Å². The first kappa shape index (κ1) is 26.0. The van der Waals surface area contributed by atoms with Crippen LogP contribution >= 0.6 is 0 Å². The topological polar surface area (TPSA) is 46.2 Å². The Bertz CT molecular complexity index is 1270. The van der Waals surface area contributed by atoms with Gasteiger partial charge < -0.3 is 23.7 Å². The minimum absolute atomic E-state index is 0.611. The van der Waals surface area contributed by atoms with Gasteiger partial charge in [-0.3, -0.25) is 0 Å². The lowest BCUT2D eigenvalue weighted by Crippen LogP contribution is -1.98. The summed E-state index contributed by atoms with van der Waals surface area (Å²) in [6, 6.07) is 28.8. The van der Waals surface area contributed by atoms with Crippen molar-refractivity contribution in [3.63, 3.8) is 0 Å². The van der Waals surface area contributed by atoms with Crippen LogP contribution in [0.15, 0.2) is 84.9 Å². The van der Waals surface area contributed by atoms with Crippen LogP contribution < -0.4 is 23.7 Å². The minimum atomic E-state index is 0.611. The van der Waals surface area contributed by atoms with Crippen LogP contribution in [0.4, 0.5) is 0 Å². The molecule has 0 unspecified atom stereocenters. The third-order valence-electron chi connectivity index (χ3n) is 6.32. The van der Waals surface area contributed by atoms with Crippen LogP contribution in [0.5, 0.6) is 34.5 Å². The molecule has 5 nitrogen and oxygen atoms in total. The van der Waals surface area contributed by atoms with Gasteiger partial charge in [0.15, 0.2) is 11.5 Å². The van der Waals surface area contributed by atoms with Crippen LogP contribution in [0.25, 0.3) is 0 Å². The first-order valence-electron chi connectivity index (χ1n) is 12.4. The van der Waals surface area contributed by atoms with E-state index in [1.807, 2.05) is 48.5 Å². The SMILES string of the molecule is COc1cccc(CCc2cccc(Oc3ccc(CCc4cc(OC)c(OC)c(OC)c4)cc3)c2)c1. The molecular weight excluding hydrogens is 464 g/mol. The molecule has 0 aliphatic carbocycles. The second kappa shape index (κ2) is 12.7. The van der Waals surface area contributed by atoms with E-state index in [0.717, 1.165) is 48.5 Å². The van der Waals surface area contributed by atoms with Crippen molar-refractivity contribution in [2.75, 3.05) is 28.4 Å². The fourth-order valence-corrected chi connectivity index (χ4v) is 4.31. The van der Waals surface area contributed by atoms with Gasteiger partial charge in [-0.15, -0.1) is 0 Å². The monoisotopic (exact) mass is 498 g/mol. The molecule has 0 amide bonds. The van der Waals surface area contributed by atoms with Crippen LogP contribution in [0, 0.1) is 0 Å². The lowest BCUT2D eigenvalue weighted by atomic mass is 10.0. The molecule has 192 valence electrons. The smallest absolute Gasteiger partial charge is 0.203 e. The zero-order chi connectivity index (χ0) is 26.0. The van der Waals surface area contributed by atoms with E-state index < -0.39 is 0 Å². The van der Waals surface area contributed by atoms with Crippen LogP contribution in [-0.2, 0) is 25.7 Å². The molecule has 5 heteroatoms. The van der Waals surface area contributed by atoms with Crippen molar-refractivity contribution in [1.82, 2.24) is 0 Å². The van der Waals surface area contributed by atoms with Gasteiger partial charge in [0.2, 0.25) is 5.75 Å². The molecule has 0 atom stereocenters. The summed E-state index contributed by atoms with van der Waals surface area (Å²) >= 11 is 0. The van der Waals surface area contributed by atoms with Crippen molar-refractivity contribution in [2.45, 2.75) is 25.7 Å². The highest BCUT2D eigenvalue weighted by Gasteiger charge is 2.13. The molecule has 0 aliphatic rings. The highest BCUT2D eigenvalue weighted by molar-refractivity contribution is 5.54. The van der Waals surface area contributed by atoms with E-state index in [1.54, 1.807) is 28.4 Å². The molecule has 0 aromatic heterocycles. The quantitative estimate of drug-likeness (QED) is 0.209. The average Bonchev–Trinajstić information content (AvgIpc) is 2.95.